The van der Waals surface area contributed by atoms with Gasteiger partial charge in [0.15, 0.2) is 11.5 Å². The van der Waals surface area contributed by atoms with Gasteiger partial charge in [0.2, 0.25) is 5.16 Å². The van der Waals surface area contributed by atoms with E-state index in [0.29, 0.717) is 24.7 Å². The van der Waals surface area contributed by atoms with Gasteiger partial charge in [-0.3, -0.25) is 0 Å². The van der Waals surface area contributed by atoms with Crippen LogP contribution in [0.15, 0.2) is 46.2 Å². The van der Waals surface area contributed by atoms with Crippen molar-refractivity contribution in [2.75, 3.05) is 13.7 Å². The van der Waals surface area contributed by atoms with E-state index in [1.165, 1.54) is 4.88 Å². The molecule has 4 aromatic rings. The van der Waals surface area contributed by atoms with Gasteiger partial charge in [-0.25, -0.2) is 9.67 Å². The fourth-order valence-electron chi connectivity index (χ4n) is 2.67. The third kappa shape index (κ3) is 4.77. The first-order valence-electron chi connectivity index (χ1n) is 8.93. The van der Waals surface area contributed by atoms with Crippen LogP contribution in [-0.4, -0.2) is 38.9 Å². The van der Waals surface area contributed by atoms with Gasteiger partial charge in [0, 0.05) is 21.6 Å². The number of nitrogens with zero attached hydrogens (tertiary/aromatic N) is 5. The summed E-state index contributed by atoms with van der Waals surface area (Å²) < 4.78 is 12.9. The van der Waals surface area contributed by atoms with Gasteiger partial charge in [-0.2, -0.15) is 0 Å². The average molecular weight is 446 g/mol. The fraction of sp³-hybridized carbons (Fsp3) is 0.263. The molecule has 0 amide bonds. The number of tetrazole rings is 1. The van der Waals surface area contributed by atoms with Gasteiger partial charge in [0.25, 0.3) is 0 Å². The molecular formula is C19H19N5O2S3. The van der Waals surface area contributed by atoms with Crippen molar-refractivity contribution in [3.8, 4) is 22.1 Å². The summed E-state index contributed by atoms with van der Waals surface area (Å²) in [6.07, 6.45) is 0. The topological polar surface area (TPSA) is 75.0 Å². The van der Waals surface area contributed by atoms with E-state index < -0.39 is 0 Å². The Morgan fingerprint density at radius 2 is 2.10 bits per heavy atom. The van der Waals surface area contributed by atoms with Crippen molar-refractivity contribution in [2.45, 2.75) is 24.4 Å². The summed E-state index contributed by atoms with van der Waals surface area (Å²) in [7, 11) is 1.64. The normalized spacial score (nSPS) is 11.0. The number of aromatic nitrogens is 5. The molecule has 0 fully saturated rings. The molecule has 0 unspecified atom stereocenters. The smallest absolute Gasteiger partial charge is 0.210 e. The summed E-state index contributed by atoms with van der Waals surface area (Å²) in [5.74, 6) is 2.15. The molecule has 3 aromatic heterocycles. The van der Waals surface area contributed by atoms with Crippen LogP contribution >= 0.6 is 34.4 Å². The first kappa shape index (κ1) is 19.9. The number of hydrogen-bond donors (Lipinski definition) is 0. The van der Waals surface area contributed by atoms with Crippen LogP contribution < -0.4 is 9.47 Å². The SMILES string of the molecule is CCOc1ccc(-c2nc(CSc3nnnn3Cc3cccs3)cs2)cc1OC. The number of ether oxygens (including phenoxy) is 2. The van der Waals surface area contributed by atoms with E-state index in [9.17, 15) is 0 Å². The van der Waals surface area contributed by atoms with Crippen molar-refractivity contribution in [3.05, 3.63) is 51.7 Å². The summed E-state index contributed by atoms with van der Waals surface area (Å²) in [4.78, 5) is 5.98. The Morgan fingerprint density at radius 3 is 2.90 bits per heavy atom. The number of thioether (sulfide) groups is 1. The minimum atomic E-state index is 0.598. The minimum absolute atomic E-state index is 0.598. The lowest BCUT2D eigenvalue weighted by molar-refractivity contribution is 0.311. The molecule has 0 aliphatic carbocycles. The zero-order chi connectivity index (χ0) is 20.1. The summed E-state index contributed by atoms with van der Waals surface area (Å²) in [5.41, 5.74) is 2.00. The Hall–Kier alpha value is -2.43. The number of hydrogen-bond acceptors (Lipinski definition) is 9. The number of benzene rings is 1. The highest BCUT2D eigenvalue weighted by Crippen LogP contribution is 2.34. The lowest BCUT2D eigenvalue weighted by Gasteiger charge is -2.09. The van der Waals surface area contributed by atoms with Gasteiger partial charge in [-0.15, -0.1) is 27.8 Å². The number of methoxy groups -OCH3 is 1. The van der Waals surface area contributed by atoms with Crippen molar-refractivity contribution >= 4 is 34.4 Å². The van der Waals surface area contributed by atoms with Gasteiger partial charge >= 0.3 is 0 Å². The molecule has 0 spiro atoms. The summed E-state index contributed by atoms with van der Waals surface area (Å²) in [5, 5.41) is 17.9. The Balaban J connectivity index is 1.43. The van der Waals surface area contributed by atoms with Crippen molar-refractivity contribution in [2.24, 2.45) is 0 Å². The second-order valence-electron chi connectivity index (χ2n) is 5.93. The van der Waals surface area contributed by atoms with Crippen LogP contribution in [0.1, 0.15) is 17.5 Å². The zero-order valence-electron chi connectivity index (χ0n) is 15.9. The quantitative estimate of drug-likeness (QED) is 0.348. The number of thiazole rings is 1. The Labute approximate surface area is 180 Å². The molecule has 10 heteroatoms. The summed E-state index contributed by atoms with van der Waals surface area (Å²) >= 11 is 4.89. The van der Waals surface area contributed by atoms with E-state index >= 15 is 0 Å². The van der Waals surface area contributed by atoms with Crippen molar-refractivity contribution < 1.29 is 9.47 Å². The predicted molar refractivity (Wildman–Crippen MR) is 116 cm³/mol. The molecule has 0 bridgehead atoms. The number of rotatable bonds is 9. The van der Waals surface area contributed by atoms with Gasteiger partial charge in [0.1, 0.15) is 5.01 Å². The molecule has 0 aliphatic rings. The van der Waals surface area contributed by atoms with Gasteiger partial charge in [0.05, 0.1) is 26.0 Å². The van der Waals surface area contributed by atoms with Gasteiger partial charge in [-0.05, 0) is 47.0 Å². The van der Waals surface area contributed by atoms with Crippen LogP contribution in [-0.2, 0) is 12.3 Å². The Morgan fingerprint density at radius 1 is 1.17 bits per heavy atom. The highest BCUT2D eigenvalue weighted by atomic mass is 32.2. The van der Waals surface area contributed by atoms with Crippen molar-refractivity contribution in [1.82, 2.24) is 25.2 Å². The van der Waals surface area contributed by atoms with Crippen LogP contribution in [0.3, 0.4) is 0 Å². The van der Waals surface area contributed by atoms with Crippen LogP contribution in [0.2, 0.25) is 0 Å². The standard InChI is InChI=1S/C19H19N5O2S3/c1-3-26-16-7-6-13(9-17(16)25-2)18-20-14(11-28-18)12-29-19-21-22-23-24(19)10-15-5-4-8-27-15/h4-9,11H,3,10,12H2,1-2H3. The minimum Gasteiger partial charge on any atom is -0.493 e. The van der Waals surface area contributed by atoms with Crippen LogP contribution in [0, 0.1) is 0 Å². The second-order valence-corrected chi connectivity index (χ2v) is 8.76. The predicted octanol–water partition coefficient (Wildman–Crippen LogP) is 4.61. The molecule has 0 saturated heterocycles. The number of thiophene rings is 1. The maximum absolute atomic E-state index is 5.59. The van der Waals surface area contributed by atoms with Crippen molar-refractivity contribution in [3.63, 3.8) is 0 Å². The zero-order valence-corrected chi connectivity index (χ0v) is 18.4. The first-order valence-corrected chi connectivity index (χ1v) is 11.7. The van der Waals surface area contributed by atoms with Crippen LogP contribution in [0.5, 0.6) is 11.5 Å². The molecule has 150 valence electrons. The third-order valence-electron chi connectivity index (χ3n) is 4.00. The largest absolute Gasteiger partial charge is 0.493 e. The second kappa shape index (κ2) is 9.38. The lowest BCUT2D eigenvalue weighted by atomic mass is 10.2. The maximum Gasteiger partial charge on any atom is 0.210 e. The summed E-state index contributed by atoms with van der Waals surface area (Å²) in [6, 6.07) is 10.0. The van der Waals surface area contributed by atoms with E-state index in [0.717, 1.165) is 27.2 Å². The third-order valence-corrected chi connectivity index (χ3v) is 6.79. The van der Waals surface area contributed by atoms with E-state index in [-0.39, 0.29) is 0 Å². The van der Waals surface area contributed by atoms with E-state index in [4.69, 9.17) is 14.5 Å². The van der Waals surface area contributed by atoms with E-state index in [1.807, 2.05) is 35.9 Å². The van der Waals surface area contributed by atoms with Gasteiger partial charge in [-0.1, -0.05) is 17.8 Å². The maximum atomic E-state index is 5.59. The van der Waals surface area contributed by atoms with Crippen molar-refractivity contribution in [1.29, 1.82) is 0 Å². The highest BCUT2D eigenvalue weighted by molar-refractivity contribution is 7.98. The molecule has 29 heavy (non-hydrogen) atoms. The monoisotopic (exact) mass is 445 g/mol. The Kier molecular flexibility index (Phi) is 6.43. The average Bonchev–Trinajstić information content (AvgIpc) is 3.50. The first-order chi connectivity index (χ1) is 14.3. The molecule has 4 rings (SSSR count). The molecule has 0 N–H and O–H groups in total. The molecule has 0 aliphatic heterocycles. The summed E-state index contributed by atoms with van der Waals surface area (Å²) in [6.45, 7) is 3.23. The van der Waals surface area contributed by atoms with E-state index in [1.54, 1.807) is 41.5 Å². The molecular weight excluding hydrogens is 426 g/mol. The molecule has 0 radical (unpaired) electrons. The molecule has 0 saturated carbocycles. The van der Waals surface area contributed by atoms with Crippen LogP contribution in [0.4, 0.5) is 0 Å². The molecule has 3 heterocycles. The molecule has 1 aromatic carbocycles. The Bertz CT molecular complexity index is 1060. The molecule has 0 atom stereocenters. The van der Waals surface area contributed by atoms with Gasteiger partial charge < -0.3 is 9.47 Å². The fourth-order valence-corrected chi connectivity index (χ4v) is 5.05. The van der Waals surface area contributed by atoms with Crippen LogP contribution in [0.25, 0.3) is 10.6 Å². The lowest BCUT2D eigenvalue weighted by Crippen LogP contribution is -2.02. The molecule has 7 nitrogen and oxygen atoms in total. The van der Waals surface area contributed by atoms with E-state index in [2.05, 4.69) is 32.4 Å². The highest BCUT2D eigenvalue weighted by Gasteiger charge is 2.12.